The normalized spacial score (nSPS) is 10.8. The van der Waals surface area contributed by atoms with E-state index in [-0.39, 0.29) is 5.75 Å². The van der Waals surface area contributed by atoms with Crippen LogP contribution in [-0.2, 0) is 16.1 Å². The largest absolute Gasteiger partial charge is 0.481 e. The number of nitrogens with zero attached hydrogens (tertiary/aromatic N) is 3. The Balaban J connectivity index is 2.25. The lowest BCUT2D eigenvalue weighted by Crippen LogP contribution is -2.08. The number of aliphatic carboxylic acids is 1. The Labute approximate surface area is 113 Å². The maximum Gasteiger partial charge on any atom is 0.313 e. The average Bonchev–Trinajstić information content (AvgIpc) is 3.02. The average molecular weight is 283 g/mol. The van der Waals surface area contributed by atoms with Gasteiger partial charge in [-0.25, -0.2) is 0 Å². The van der Waals surface area contributed by atoms with Gasteiger partial charge in [0.15, 0.2) is 10.9 Å². The first-order chi connectivity index (χ1) is 9.22. The van der Waals surface area contributed by atoms with Gasteiger partial charge in [0.2, 0.25) is 5.82 Å². The summed E-state index contributed by atoms with van der Waals surface area (Å²) in [6.45, 7) is 1.01. The first kappa shape index (κ1) is 13.6. The van der Waals surface area contributed by atoms with Crippen molar-refractivity contribution in [1.29, 1.82) is 0 Å². The molecule has 2 rings (SSSR count). The fraction of sp³-hybridized carbons (Fsp3) is 0.364. The molecule has 0 unspecified atom stereocenters. The number of methoxy groups -OCH3 is 1. The summed E-state index contributed by atoms with van der Waals surface area (Å²) in [6, 6.07) is 3.54. The number of carboxylic acid groups (broad SMARTS) is 1. The van der Waals surface area contributed by atoms with Crippen LogP contribution >= 0.6 is 11.8 Å². The molecule has 0 aliphatic heterocycles. The van der Waals surface area contributed by atoms with Gasteiger partial charge < -0.3 is 14.3 Å². The number of thioether (sulfide) groups is 1. The monoisotopic (exact) mass is 283 g/mol. The summed E-state index contributed by atoms with van der Waals surface area (Å²) < 4.78 is 12.1. The topological polar surface area (TPSA) is 90.4 Å². The fourth-order valence-corrected chi connectivity index (χ4v) is 2.18. The summed E-state index contributed by atoms with van der Waals surface area (Å²) in [7, 11) is 1.60. The quantitative estimate of drug-likeness (QED) is 0.767. The third-order valence-corrected chi connectivity index (χ3v) is 3.25. The summed E-state index contributed by atoms with van der Waals surface area (Å²) >= 11 is 1.12. The second kappa shape index (κ2) is 6.39. The van der Waals surface area contributed by atoms with Crippen molar-refractivity contribution in [2.45, 2.75) is 11.7 Å². The molecule has 2 heterocycles. The van der Waals surface area contributed by atoms with Crippen molar-refractivity contribution in [3.63, 3.8) is 0 Å². The highest BCUT2D eigenvalue weighted by molar-refractivity contribution is 7.99. The predicted molar refractivity (Wildman–Crippen MR) is 68.0 cm³/mol. The Morgan fingerprint density at radius 3 is 3.05 bits per heavy atom. The van der Waals surface area contributed by atoms with Gasteiger partial charge in [0.25, 0.3) is 0 Å². The Hall–Kier alpha value is -1.80. The molecule has 7 nitrogen and oxygen atoms in total. The molecule has 0 fully saturated rings. The van der Waals surface area contributed by atoms with E-state index in [1.807, 2.05) is 0 Å². The van der Waals surface area contributed by atoms with Gasteiger partial charge in [0.1, 0.15) is 0 Å². The van der Waals surface area contributed by atoms with Gasteiger partial charge in [-0.05, 0) is 12.1 Å². The van der Waals surface area contributed by atoms with Gasteiger partial charge >= 0.3 is 5.97 Å². The van der Waals surface area contributed by atoms with E-state index in [4.69, 9.17) is 14.3 Å². The first-order valence-electron chi connectivity index (χ1n) is 5.53. The molecule has 0 aliphatic carbocycles. The zero-order chi connectivity index (χ0) is 13.7. The van der Waals surface area contributed by atoms with Crippen molar-refractivity contribution in [2.75, 3.05) is 19.5 Å². The van der Waals surface area contributed by atoms with Crippen LogP contribution in [0.2, 0.25) is 0 Å². The molecule has 19 heavy (non-hydrogen) atoms. The van der Waals surface area contributed by atoms with Crippen molar-refractivity contribution < 1.29 is 19.1 Å². The molecule has 0 spiro atoms. The first-order valence-corrected chi connectivity index (χ1v) is 6.51. The molecule has 0 atom stereocenters. The van der Waals surface area contributed by atoms with Crippen molar-refractivity contribution >= 4 is 17.7 Å². The van der Waals surface area contributed by atoms with Crippen LogP contribution in [0.1, 0.15) is 0 Å². The molecule has 2 aromatic heterocycles. The van der Waals surface area contributed by atoms with Crippen LogP contribution in [0.4, 0.5) is 0 Å². The van der Waals surface area contributed by atoms with Gasteiger partial charge in [0.05, 0.1) is 25.2 Å². The number of hydrogen-bond acceptors (Lipinski definition) is 6. The van der Waals surface area contributed by atoms with Crippen molar-refractivity contribution in [3.05, 3.63) is 18.4 Å². The van der Waals surface area contributed by atoms with E-state index in [0.717, 1.165) is 11.8 Å². The second-order valence-corrected chi connectivity index (χ2v) is 4.55. The summed E-state index contributed by atoms with van der Waals surface area (Å²) in [4.78, 5) is 10.6. The SMILES string of the molecule is COCCn1c(SCC(=O)O)nnc1-c1ccco1. The van der Waals surface area contributed by atoms with Crippen molar-refractivity contribution in [1.82, 2.24) is 14.8 Å². The third kappa shape index (κ3) is 3.36. The Bertz CT molecular complexity index is 538. The van der Waals surface area contributed by atoms with Gasteiger partial charge in [0, 0.05) is 7.11 Å². The predicted octanol–water partition coefficient (Wildman–Crippen LogP) is 1.36. The Morgan fingerprint density at radius 2 is 2.42 bits per heavy atom. The molecular formula is C11H13N3O4S. The Kier molecular flexibility index (Phi) is 4.58. The van der Waals surface area contributed by atoms with Crippen molar-refractivity contribution in [3.8, 4) is 11.6 Å². The zero-order valence-corrected chi connectivity index (χ0v) is 11.1. The van der Waals surface area contributed by atoms with E-state index in [1.54, 1.807) is 30.1 Å². The van der Waals surface area contributed by atoms with E-state index in [9.17, 15) is 4.79 Å². The summed E-state index contributed by atoms with van der Waals surface area (Å²) in [6.07, 6.45) is 1.55. The molecule has 102 valence electrons. The lowest BCUT2D eigenvalue weighted by Gasteiger charge is -2.07. The molecule has 0 amide bonds. The molecule has 0 saturated heterocycles. The highest BCUT2D eigenvalue weighted by atomic mass is 32.2. The third-order valence-electron chi connectivity index (χ3n) is 2.30. The minimum Gasteiger partial charge on any atom is -0.481 e. The molecule has 8 heteroatoms. The number of carbonyl (C=O) groups is 1. The highest BCUT2D eigenvalue weighted by Gasteiger charge is 2.16. The van der Waals surface area contributed by atoms with Gasteiger partial charge in [-0.1, -0.05) is 11.8 Å². The number of rotatable bonds is 7. The van der Waals surface area contributed by atoms with E-state index in [0.29, 0.717) is 29.9 Å². The number of ether oxygens (including phenoxy) is 1. The van der Waals surface area contributed by atoms with Gasteiger partial charge in [-0.15, -0.1) is 10.2 Å². The smallest absolute Gasteiger partial charge is 0.313 e. The summed E-state index contributed by atoms with van der Waals surface area (Å²) in [5, 5.41) is 17.3. The van der Waals surface area contributed by atoms with Crippen LogP contribution in [0.5, 0.6) is 0 Å². The molecule has 0 aromatic carbocycles. The number of carboxylic acids is 1. The molecular weight excluding hydrogens is 270 g/mol. The summed E-state index contributed by atoms with van der Waals surface area (Å²) in [5.74, 6) is 0.190. The van der Waals surface area contributed by atoms with Crippen LogP contribution in [0, 0.1) is 0 Å². The van der Waals surface area contributed by atoms with Crippen LogP contribution in [0.25, 0.3) is 11.6 Å². The Morgan fingerprint density at radius 1 is 1.58 bits per heavy atom. The van der Waals surface area contributed by atoms with E-state index < -0.39 is 5.97 Å². The van der Waals surface area contributed by atoms with E-state index in [2.05, 4.69) is 10.2 Å². The van der Waals surface area contributed by atoms with Gasteiger partial charge in [-0.2, -0.15) is 0 Å². The number of aromatic nitrogens is 3. The van der Waals surface area contributed by atoms with Crippen LogP contribution in [-0.4, -0.2) is 45.3 Å². The molecule has 2 aromatic rings. The van der Waals surface area contributed by atoms with E-state index in [1.165, 1.54) is 0 Å². The lowest BCUT2D eigenvalue weighted by atomic mass is 10.4. The number of furan rings is 1. The maximum atomic E-state index is 10.6. The van der Waals surface area contributed by atoms with Gasteiger partial charge in [-0.3, -0.25) is 9.36 Å². The van der Waals surface area contributed by atoms with Crippen LogP contribution in [0.15, 0.2) is 28.0 Å². The summed E-state index contributed by atoms with van der Waals surface area (Å²) in [5.41, 5.74) is 0. The van der Waals surface area contributed by atoms with Crippen LogP contribution < -0.4 is 0 Å². The highest BCUT2D eigenvalue weighted by Crippen LogP contribution is 2.24. The molecule has 0 radical (unpaired) electrons. The molecule has 0 saturated carbocycles. The van der Waals surface area contributed by atoms with Crippen LogP contribution in [0.3, 0.4) is 0 Å². The standard InChI is InChI=1S/C11H13N3O4S/c1-17-6-4-14-10(8-3-2-5-18-8)12-13-11(14)19-7-9(15)16/h2-3,5H,4,6-7H2,1H3,(H,15,16). The second-order valence-electron chi connectivity index (χ2n) is 3.61. The van der Waals surface area contributed by atoms with E-state index >= 15 is 0 Å². The van der Waals surface area contributed by atoms with Crippen molar-refractivity contribution in [2.24, 2.45) is 0 Å². The molecule has 0 bridgehead atoms. The lowest BCUT2D eigenvalue weighted by molar-refractivity contribution is -0.133. The number of hydrogen-bond donors (Lipinski definition) is 1. The minimum absolute atomic E-state index is 0.0662. The minimum atomic E-state index is -0.897. The zero-order valence-electron chi connectivity index (χ0n) is 10.3. The maximum absolute atomic E-state index is 10.6. The fourth-order valence-electron chi connectivity index (χ4n) is 1.49. The molecule has 1 N–H and O–H groups in total. The molecule has 0 aliphatic rings.